The molecule has 0 aliphatic carbocycles. The van der Waals surface area contributed by atoms with Gasteiger partial charge in [-0.1, -0.05) is 12.1 Å². The van der Waals surface area contributed by atoms with Crippen LogP contribution in [0.2, 0.25) is 0 Å². The second kappa shape index (κ2) is 9.14. The second-order valence-electron chi connectivity index (χ2n) is 7.27. The molecule has 1 atom stereocenters. The van der Waals surface area contributed by atoms with Gasteiger partial charge < -0.3 is 19.4 Å². The van der Waals surface area contributed by atoms with Gasteiger partial charge in [0, 0.05) is 46.3 Å². The van der Waals surface area contributed by atoms with Crippen LogP contribution in [0.3, 0.4) is 0 Å². The molecule has 2 aliphatic heterocycles. The van der Waals surface area contributed by atoms with Gasteiger partial charge in [0.05, 0.1) is 19.1 Å². The fourth-order valence-corrected chi connectivity index (χ4v) is 3.71. The van der Waals surface area contributed by atoms with E-state index in [2.05, 4.69) is 0 Å². The summed E-state index contributed by atoms with van der Waals surface area (Å²) in [7, 11) is 1.58. The molecule has 3 rings (SSSR count). The van der Waals surface area contributed by atoms with Crippen molar-refractivity contribution in [3.8, 4) is 0 Å². The van der Waals surface area contributed by atoms with E-state index in [1.807, 2.05) is 0 Å². The van der Waals surface area contributed by atoms with Crippen molar-refractivity contribution in [2.75, 3.05) is 46.4 Å². The Labute approximate surface area is 164 Å². The van der Waals surface area contributed by atoms with E-state index in [9.17, 15) is 18.8 Å². The number of carbonyl (C=O) groups excluding carboxylic acids is 3. The van der Waals surface area contributed by atoms with Crippen molar-refractivity contribution in [1.29, 1.82) is 0 Å². The zero-order valence-corrected chi connectivity index (χ0v) is 16.1. The number of rotatable bonds is 6. The van der Waals surface area contributed by atoms with E-state index in [-0.39, 0.29) is 36.0 Å². The van der Waals surface area contributed by atoms with Gasteiger partial charge >= 0.3 is 0 Å². The quantitative estimate of drug-likeness (QED) is 0.722. The maximum absolute atomic E-state index is 13.3. The first-order valence-corrected chi connectivity index (χ1v) is 9.55. The molecule has 2 saturated heterocycles. The first-order chi connectivity index (χ1) is 13.5. The van der Waals surface area contributed by atoms with Crippen LogP contribution in [0.5, 0.6) is 0 Å². The highest BCUT2D eigenvalue weighted by atomic mass is 19.1. The number of piperazine rings is 1. The number of likely N-dealkylation sites (tertiary alicyclic amines) is 1. The lowest BCUT2D eigenvalue weighted by atomic mass is 9.95. The number of amides is 3. The summed E-state index contributed by atoms with van der Waals surface area (Å²) in [5.74, 6) is -0.793. The molecule has 152 valence electrons. The SMILES string of the molecule is COCCN1CC(C(=O)N2CCN(Cc3cccc(F)c3)C(=O)C2)CCC1=O. The van der Waals surface area contributed by atoms with Gasteiger partial charge in [-0.15, -0.1) is 0 Å². The molecule has 0 spiro atoms. The fraction of sp³-hybridized carbons (Fsp3) is 0.550. The lowest BCUT2D eigenvalue weighted by molar-refractivity contribution is -0.151. The number of benzene rings is 1. The highest BCUT2D eigenvalue weighted by Gasteiger charge is 2.35. The van der Waals surface area contributed by atoms with Gasteiger partial charge in [-0.25, -0.2) is 4.39 Å². The van der Waals surface area contributed by atoms with Crippen LogP contribution < -0.4 is 0 Å². The monoisotopic (exact) mass is 391 g/mol. The minimum atomic E-state index is -0.330. The van der Waals surface area contributed by atoms with E-state index in [4.69, 9.17) is 4.74 Å². The second-order valence-corrected chi connectivity index (χ2v) is 7.27. The highest BCUT2D eigenvalue weighted by molar-refractivity contribution is 5.88. The molecule has 1 aromatic carbocycles. The number of carbonyl (C=O) groups is 3. The molecule has 0 bridgehead atoms. The van der Waals surface area contributed by atoms with Crippen LogP contribution in [0.15, 0.2) is 24.3 Å². The van der Waals surface area contributed by atoms with E-state index in [0.29, 0.717) is 52.2 Å². The van der Waals surface area contributed by atoms with Crippen molar-refractivity contribution >= 4 is 17.7 Å². The molecule has 8 heteroatoms. The molecular formula is C20H26FN3O4. The third-order valence-corrected chi connectivity index (χ3v) is 5.31. The van der Waals surface area contributed by atoms with Crippen LogP contribution >= 0.6 is 0 Å². The number of halogens is 1. The highest BCUT2D eigenvalue weighted by Crippen LogP contribution is 2.21. The maximum atomic E-state index is 13.3. The molecule has 0 saturated carbocycles. The average Bonchev–Trinajstić information content (AvgIpc) is 2.68. The van der Waals surface area contributed by atoms with Crippen LogP contribution in [0.4, 0.5) is 4.39 Å². The molecule has 0 radical (unpaired) electrons. The summed E-state index contributed by atoms with van der Waals surface area (Å²) >= 11 is 0. The molecule has 1 aromatic rings. The third kappa shape index (κ3) is 4.86. The Balaban J connectivity index is 1.55. The molecule has 2 heterocycles. The molecule has 7 nitrogen and oxygen atoms in total. The molecule has 28 heavy (non-hydrogen) atoms. The van der Waals surface area contributed by atoms with Gasteiger partial charge in [0.1, 0.15) is 5.82 Å². The number of methoxy groups -OCH3 is 1. The summed E-state index contributed by atoms with van der Waals surface area (Å²) in [5, 5.41) is 0. The van der Waals surface area contributed by atoms with Crippen molar-refractivity contribution in [3.63, 3.8) is 0 Å². The van der Waals surface area contributed by atoms with Crippen LogP contribution in [0.1, 0.15) is 18.4 Å². The molecule has 0 N–H and O–H groups in total. The Kier molecular flexibility index (Phi) is 6.61. The van der Waals surface area contributed by atoms with E-state index in [0.717, 1.165) is 5.56 Å². The molecule has 1 unspecified atom stereocenters. The smallest absolute Gasteiger partial charge is 0.242 e. The molecule has 2 fully saturated rings. The fourth-order valence-electron chi connectivity index (χ4n) is 3.71. The summed E-state index contributed by atoms with van der Waals surface area (Å²) < 4.78 is 18.4. The summed E-state index contributed by atoms with van der Waals surface area (Å²) in [6.07, 6.45) is 0.854. The lowest BCUT2D eigenvalue weighted by Crippen LogP contribution is -2.55. The van der Waals surface area contributed by atoms with Crippen LogP contribution in [0.25, 0.3) is 0 Å². The molecule has 2 aliphatic rings. The molecule has 3 amide bonds. The zero-order valence-electron chi connectivity index (χ0n) is 16.1. The Morgan fingerprint density at radius 2 is 2.04 bits per heavy atom. The van der Waals surface area contributed by atoms with Crippen molar-refractivity contribution in [1.82, 2.24) is 14.7 Å². The zero-order chi connectivity index (χ0) is 20.1. The first kappa shape index (κ1) is 20.3. The summed E-state index contributed by atoms with van der Waals surface area (Å²) in [5.41, 5.74) is 0.729. The van der Waals surface area contributed by atoms with Gasteiger partial charge in [-0.3, -0.25) is 14.4 Å². The van der Waals surface area contributed by atoms with Crippen molar-refractivity contribution in [2.45, 2.75) is 19.4 Å². The normalized spacial score (nSPS) is 20.6. The van der Waals surface area contributed by atoms with Gasteiger partial charge in [-0.05, 0) is 24.1 Å². The molecular weight excluding hydrogens is 365 g/mol. The maximum Gasteiger partial charge on any atom is 0.242 e. The van der Waals surface area contributed by atoms with Gasteiger partial charge in [-0.2, -0.15) is 0 Å². The first-order valence-electron chi connectivity index (χ1n) is 9.55. The predicted octanol–water partition coefficient (Wildman–Crippen LogP) is 0.881. The number of hydrogen-bond acceptors (Lipinski definition) is 4. The summed E-state index contributed by atoms with van der Waals surface area (Å²) in [4.78, 5) is 42.3. The van der Waals surface area contributed by atoms with E-state index in [1.54, 1.807) is 33.9 Å². The largest absolute Gasteiger partial charge is 0.383 e. The summed E-state index contributed by atoms with van der Waals surface area (Å²) in [6, 6.07) is 6.18. The standard InChI is InChI=1S/C20H26FN3O4/c1-28-10-9-23-13-16(5-6-18(23)25)20(27)24-8-7-22(19(26)14-24)12-15-3-2-4-17(21)11-15/h2-4,11,16H,5-10,12-14H2,1H3. The van der Waals surface area contributed by atoms with Gasteiger partial charge in [0.2, 0.25) is 17.7 Å². The topological polar surface area (TPSA) is 70.2 Å². The Bertz CT molecular complexity index is 742. The van der Waals surface area contributed by atoms with E-state index >= 15 is 0 Å². The predicted molar refractivity (Wildman–Crippen MR) is 99.6 cm³/mol. The minimum Gasteiger partial charge on any atom is -0.383 e. The third-order valence-electron chi connectivity index (χ3n) is 5.31. The van der Waals surface area contributed by atoms with Gasteiger partial charge in [0.15, 0.2) is 0 Å². The van der Waals surface area contributed by atoms with E-state index in [1.165, 1.54) is 12.1 Å². The van der Waals surface area contributed by atoms with Gasteiger partial charge in [0.25, 0.3) is 0 Å². The van der Waals surface area contributed by atoms with Crippen LogP contribution in [0, 0.1) is 11.7 Å². The number of hydrogen-bond donors (Lipinski definition) is 0. The summed E-state index contributed by atoms with van der Waals surface area (Å²) in [6.45, 7) is 2.50. The lowest BCUT2D eigenvalue weighted by Gasteiger charge is -2.38. The number of ether oxygens (including phenoxy) is 1. The molecule has 0 aromatic heterocycles. The number of nitrogens with zero attached hydrogens (tertiary/aromatic N) is 3. The van der Waals surface area contributed by atoms with Crippen molar-refractivity contribution in [3.05, 3.63) is 35.6 Å². The van der Waals surface area contributed by atoms with E-state index < -0.39 is 0 Å². The van der Waals surface area contributed by atoms with Crippen molar-refractivity contribution in [2.24, 2.45) is 5.92 Å². The van der Waals surface area contributed by atoms with Crippen LogP contribution in [-0.4, -0.2) is 78.9 Å². The minimum absolute atomic E-state index is 0.0245. The van der Waals surface area contributed by atoms with Crippen LogP contribution in [-0.2, 0) is 25.7 Å². The Morgan fingerprint density at radius 3 is 2.75 bits per heavy atom. The average molecular weight is 391 g/mol. The Morgan fingerprint density at radius 1 is 1.21 bits per heavy atom. The van der Waals surface area contributed by atoms with Crippen molar-refractivity contribution < 1.29 is 23.5 Å². The number of piperidine rings is 1. The Hall–Kier alpha value is -2.48.